The van der Waals surface area contributed by atoms with Crippen molar-refractivity contribution in [3.63, 3.8) is 0 Å². The Morgan fingerprint density at radius 3 is 2.06 bits per heavy atom. The lowest BCUT2D eigenvalue weighted by Gasteiger charge is -2.28. The van der Waals surface area contributed by atoms with Crippen molar-refractivity contribution in [3.8, 4) is 0 Å². The molecule has 5 heteroatoms. The first-order chi connectivity index (χ1) is 7.74. The Labute approximate surface area is 102 Å². The average molecular weight is 250 g/mol. The zero-order valence-electron chi connectivity index (χ0n) is 11.1. The van der Waals surface area contributed by atoms with E-state index in [1.54, 1.807) is 21.3 Å². The van der Waals surface area contributed by atoms with E-state index in [9.17, 15) is 0 Å². The van der Waals surface area contributed by atoms with Gasteiger partial charge in [0.25, 0.3) is 0 Å². The maximum Gasteiger partial charge on any atom is 0.305 e. The summed E-state index contributed by atoms with van der Waals surface area (Å²) < 4.78 is 21.0. The van der Waals surface area contributed by atoms with E-state index in [4.69, 9.17) is 18.6 Å². The quantitative estimate of drug-likeness (QED) is 0.318. The van der Waals surface area contributed by atoms with E-state index < -0.39 is 15.7 Å². The minimum absolute atomic E-state index is 0.358. The van der Waals surface area contributed by atoms with Crippen LogP contribution in [0.15, 0.2) is 0 Å². The van der Waals surface area contributed by atoms with Crippen LogP contribution in [0.2, 0.25) is 6.04 Å². The number of rotatable bonds is 11. The minimum atomic E-state index is -1.02. The molecule has 0 heterocycles. The summed E-state index contributed by atoms with van der Waals surface area (Å²) in [6.45, 7) is 2.58. The molecule has 0 N–H and O–H groups in total. The van der Waals surface area contributed by atoms with E-state index in [2.05, 4.69) is 6.92 Å². The van der Waals surface area contributed by atoms with E-state index in [1.165, 1.54) is 31.7 Å². The molecule has 0 unspecified atom stereocenters. The molecule has 16 heavy (non-hydrogen) atoms. The molecule has 0 atom stereocenters. The SMILES string of the molecule is CCCCCC[SiH2]OCC(OC)(OC)OC. The van der Waals surface area contributed by atoms with Crippen molar-refractivity contribution in [3.05, 3.63) is 0 Å². The van der Waals surface area contributed by atoms with Gasteiger partial charge in [-0.05, 0) is 6.04 Å². The van der Waals surface area contributed by atoms with Gasteiger partial charge in [-0.3, -0.25) is 0 Å². The van der Waals surface area contributed by atoms with Crippen molar-refractivity contribution in [2.45, 2.75) is 44.6 Å². The zero-order chi connectivity index (χ0) is 12.3. The van der Waals surface area contributed by atoms with E-state index >= 15 is 0 Å². The predicted molar refractivity (Wildman–Crippen MR) is 67.2 cm³/mol. The predicted octanol–water partition coefficient (Wildman–Crippen LogP) is 1.68. The third-order valence-corrected chi connectivity index (χ3v) is 3.89. The Kier molecular flexibility index (Phi) is 10.3. The maximum absolute atomic E-state index is 5.62. The fraction of sp³-hybridized carbons (Fsp3) is 1.00. The first-order valence-electron chi connectivity index (χ1n) is 5.98. The number of methoxy groups -OCH3 is 3. The van der Waals surface area contributed by atoms with E-state index in [1.807, 2.05) is 0 Å². The standard InChI is InChI=1S/C11H26O4Si/c1-5-6-7-8-9-16-15-10-11(12-2,13-3)14-4/h5-10,16H2,1-4H3. The molecule has 0 aliphatic rings. The Hall–Kier alpha value is 0.0569. The zero-order valence-corrected chi connectivity index (χ0v) is 12.5. The van der Waals surface area contributed by atoms with Crippen LogP contribution < -0.4 is 0 Å². The summed E-state index contributed by atoms with van der Waals surface area (Å²) >= 11 is 0. The number of hydrogen-bond acceptors (Lipinski definition) is 4. The highest BCUT2D eigenvalue weighted by Crippen LogP contribution is 2.12. The van der Waals surface area contributed by atoms with Crippen molar-refractivity contribution >= 4 is 9.76 Å². The Balaban J connectivity index is 3.48. The molecule has 0 fully saturated rings. The second-order valence-electron chi connectivity index (χ2n) is 3.76. The Bertz CT molecular complexity index is 143. The van der Waals surface area contributed by atoms with Gasteiger partial charge in [0.15, 0.2) is 9.76 Å². The smallest absolute Gasteiger partial charge is 0.305 e. The molecule has 0 rings (SSSR count). The molecule has 0 aliphatic carbocycles. The topological polar surface area (TPSA) is 36.9 Å². The molecular formula is C11H26O4Si. The highest BCUT2D eigenvalue weighted by atomic mass is 28.2. The van der Waals surface area contributed by atoms with Gasteiger partial charge in [-0.25, -0.2) is 0 Å². The third-order valence-electron chi connectivity index (χ3n) is 2.60. The molecule has 0 aromatic carbocycles. The highest BCUT2D eigenvalue weighted by molar-refractivity contribution is 6.26. The fourth-order valence-electron chi connectivity index (χ4n) is 1.43. The average Bonchev–Trinajstić information content (AvgIpc) is 2.34. The molecule has 0 spiro atoms. The second kappa shape index (κ2) is 10.2. The minimum Gasteiger partial charge on any atom is -0.416 e. The van der Waals surface area contributed by atoms with Gasteiger partial charge in [0.05, 0.1) is 0 Å². The van der Waals surface area contributed by atoms with Gasteiger partial charge in [-0.1, -0.05) is 32.6 Å². The van der Waals surface area contributed by atoms with Crippen LogP contribution in [0, 0.1) is 0 Å². The summed E-state index contributed by atoms with van der Waals surface area (Å²) in [4.78, 5) is 0. The molecule has 0 bridgehead atoms. The van der Waals surface area contributed by atoms with Gasteiger partial charge < -0.3 is 18.6 Å². The number of unbranched alkanes of at least 4 members (excludes halogenated alkanes) is 3. The van der Waals surface area contributed by atoms with Crippen LogP contribution in [0.3, 0.4) is 0 Å². The second-order valence-corrected chi connectivity index (χ2v) is 5.29. The molecule has 0 aromatic heterocycles. The number of hydrogen-bond donors (Lipinski definition) is 0. The molecular weight excluding hydrogens is 224 g/mol. The third kappa shape index (κ3) is 6.60. The molecule has 4 nitrogen and oxygen atoms in total. The summed E-state index contributed by atoms with van der Waals surface area (Å²) in [5.41, 5.74) is 0. The molecule has 0 saturated heterocycles. The summed E-state index contributed by atoms with van der Waals surface area (Å²) in [6, 6.07) is 1.22. The van der Waals surface area contributed by atoms with E-state index in [0.717, 1.165) is 0 Å². The summed E-state index contributed by atoms with van der Waals surface area (Å²) in [6.07, 6.45) is 5.20. The fourth-order valence-corrected chi connectivity index (χ4v) is 2.59. The van der Waals surface area contributed by atoms with Crippen LogP contribution in [0.1, 0.15) is 32.6 Å². The molecule has 0 saturated carbocycles. The van der Waals surface area contributed by atoms with Gasteiger partial charge in [0.1, 0.15) is 6.61 Å². The molecule has 0 aliphatic heterocycles. The largest absolute Gasteiger partial charge is 0.416 e. The Morgan fingerprint density at radius 2 is 1.56 bits per heavy atom. The van der Waals surface area contributed by atoms with Gasteiger partial charge >= 0.3 is 5.97 Å². The maximum atomic E-state index is 5.62. The van der Waals surface area contributed by atoms with Crippen molar-refractivity contribution in [1.29, 1.82) is 0 Å². The van der Waals surface area contributed by atoms with Crippen LogP contribution in [-0.4, -0.2) is 43.7 Å². The summed E-state index contributed by atoms with van der Waals surface area (Å²) in [5.74, 6) is -1.02. The molecule has 0 amide bonds. The molecule has 0 aromatic rings. The highest BCUT2D eigenvalue weighted by Gasteiger charge is 2.29. The lowest BCUT2D eigenvalue weighted by molar-refractivity contribution is -0.361. The van der Waals surface area contributed by atoms with Crippen LogP contribution >= 0.6 is 0 Å². The normalized spacial score (nSPS) is 12.8. The van der Waals surface area contributed by atoms with Crippen LogP contribution in [0.4, 0.5) is 0 Å². The van der Waals surface area contributed by atoms with Gasteiger partial charge in [-0.15, -0.1) is 0 Å². The van der Waals surface area contributed by atoms with Crippen molar-refractivity contribution < 1.29 is 18.6 Å². The molecule has 0 radical (unpaired) electrons. The summed E-state index contributed by atoms with van der Waals surface area (Å²) in [7, 11) is 4.20. The lowest BCUT2D eigenvalue weighted by Crippen LogP contribution is -2.41. The molecule has 98 valence electrons. The lowest BCUT2D eigenvalue weighted by atomic mass is 10.2. The first-order valence-corrected chi connectivity index (χ1v) is 7.55. The monoisotopic (exact) mass is 250 g/mol. The first kappa shape index (κ1) is 16.1. The van der Waals surface area contributed by atoms with Gasteiger partial charge in [-0.2, -0.15) is 0 Å². The van der Waals surface area contributed by atoms with Crippen molar-refractivity contribution in [1.82, 2.24) is 0 Å². The van der Waals surface area contributed by atoms with Gasteiger partial charge in [0, 0.05) is 21.3 Å². The summed E-state index contributed by atoms with van der Waals surface area (Å²) in [5, 5.41) is 0. The van der Waals surface area contributed by atoms with Crippen molar-refractivity contribution in [2.24, 2.45) is 0 Å². The van der Waals surface area contributed by atoms with E-state index in [-0.39, 0.29) is 0 Å². The van der Waals surface area contributed by atoms with Gasteiger partial charge in [0.2, 0.25) is 0 Å². The van der Waals surface area contributed by atoms with Crippen LogP contribution in [-0.2, 0) is 18.6 Å². The van der Waals surface area contributed by atoms with Crippen LogP contribution in [0.5, 0.6) is 0 Å². The van der Waals surface area contributed by atoms with E-state index in [0.29, 0.717) is 6.61 Å². The Morgan fingerprint density at radius 1 is 0.938 bits per heavy atom. The number of ether oxygens (including phenoxy) is 3. The van der Waals surface area contributed by atoms with Crippen molar-refractivity contribution in [2.75, 3.05) is 27.9 Å². The van der Waals surface area contributed by atoms with Crippen LogP contribution in [0.25, 0.3) is 0 Å².